The number of ether oxygens (including phenoxy) is 3. The lowest BCUT2D eigenvalue weighted by Crippen LogP contribution is -2.09. The van der Waals surface area contributed by atoms with Crippen molar-refractivity contribution in [1.29, 1.82) is 0 Å². The van der Waals surface area contributed by atoms with Gasteiger partial charge < -0.3 is 14.2 Å². The first-order valence-electron chi connectivity index (χ1n) is 5.14. The van der Waals surface area contributed by atoms with Crippen LogP contribution in [-0.4, -0.2) is 32.4 Å². The summed E-state index contributed by atoms with van der Waals surface area (Å²) in [6, 6.07) is 5.39. The Hall–Kier alpha value is -1.55. The van der Waals surface area contributed by atoms with Gasteiger partial charge in [0, 0.05) is 0 Å². The van der Waals surface area contributed by atoms with Crippen molar-refractivity contribution >= 4 is 5.97 Å². The Morgan fingerprint density at radius 1 is 1.56 bits per heavy atom. The number of hydrogen-bond donors (Lipinski definition) is 0. The number of benzene rings is 1. The van der Waals surface area contributed by atoms with E-state index < -0.39 is 0 Å². The van der Waals surface area contributed by atoms with E-state index in [2.05, 4.69) is 4.74 Å². The molecule has 86 valence electrons. The van der Waals surface area contributed by atoms with Gasteiger partial charge in [-0.1, -0.05) is 6.07 Å². The SMILES string of the molecule is COC(=O)c1ccc(C)cc1OC[C@@H]1CO1. The summed E-state index contributed by atoms with van der Waals surface area (Å²) >= 11 is 0. The summed E-state index contributed by atoms with van der Waals surface area (Å²) in [4.78, 5) is 11.5. The third kappa shape index (κ3) is 2.52. The van der Waals surface area contributed by atoms with Gasteiger partial charge in [0.15, 0.2) is 0 Å². The minimum Gasteiger partial charge on any atom is -0.490 e. The second-order valence-corrected chi connectivity index (χ2v) is 3.76. The fraction of sp³-hybridized carbons (Fsp3) is 0.417. The van der Waals surface area contributed by atoms with Crippen LogP contribution in [-0.2, 0) is 9.47 Å². The number of carbonyl (C=O) groups is 1. The van der Waals surface area contributed by atoms with Crippen LogP contribution in [0.1, 0.15) is 15.9 Å². The molecule has 0 aromatic heterocycles. The summed E-state index contributed by atoms with van der Waals surface area (Å²) in [5.74, 6) is 0.175. The van der Waals surface area contributed by atoms with Gasteiger partial charge in [0.2, 0.25) is 0 Å². The lowest BCUT2D eigenvalue weighted by Gasteiger charge is -2.09. The summed E-state index contributed by atoms with van der Waals surface area (Å²) in [5, 5.41) is 0. The molecule has 0 N–H and O–H groups in total. The first-order chi connectivity index (χ1) is 7.70. The zero-order valence-corrected chi connectivity index (χ0v) is 9.36. The molecule has 0 radical (unpaired) electrons. The highest BCUT2D eigenvalue weighted by Crippen LogP contribution is 2.22. The van der Waals surface area contributed by atoms with Gasteiger partial charge in [-0.3, -0.25) is 0 Å². The van der Waals surface area contributed by atoms with E-state index in [4.69, 9.17) is 9.47 Å². The molecule has 0 amide bonds. The van der Waals surface area contributed by atoms with Crippen molar-refractivity contribution in [3.8, 4) is 5.75 Å². The summed E-state index contributed by atoms with van der Waals surface area (Å²) < 4.78 is 15.3. The molecule has 0 bridgehead atoms. The van der Waals surface area contributed by atoms with Gasteiger partial charge in [0.25, 0.3) is 0 Å². The minimum absolute atomic E-state index is 0.172. The van der Waals surface area contributed by atoms with Gasteiger partial charge in [-0.15, -0.1) is 0 Å². The van der Waals surface area contributed by atoms with Crippen LogP contribution < -0.4 is 4.74 Å². The fourth-order valence-electron chi connectivity index (χ4n) is 1.37. The van der Waals surface area contributed by atoms with Gasteiger partial charge in [0.05, 0.1) is 13.7 Å². The van der Waals surface area contributed by atoms with Gasteiger partial charge in [-0.05, 0) is 24.6 Å². The zero-order chi connectivity index (χ0) is 11.5. The second-order valence-electron chi connectivity index (χ2n) is 3.76. The van der Waals surface area contributed by atoms with Crippen molar-refractivity contribution in [1.82, 2.24) is 0 Å². The topological polar surface area (TPSA) is 48.1 Å². The normalized spacial score (nSPS) is 18.0. The number of epoxide rings is 1. The molecule has 1 aromatic rings. The first-order valence-corrected chi connectivity index (χ1v) is 5.14. The van der Waals surface area contributed by atoms with Crippen LogP contribution in [0.15, 0.2) is 18.2 Å². The maximum Gasteiger partial charge on any atom is 0.341 e. The highest BCUT2D eigenvalue weighted by molar-refractivity contribution is 5.92. The first kappa shape index (κ1) is 11.0. The predicted octanol–water partition coefficient (Wildman–Crippen LogP) is 1.56. The Morgan fingerprint density at radius 3 is 2.94 bits per heavy atom. The zero-order valence-electron chi connectivity index (χ0n) is 9.36. The molecule has 1 aliphatic heterocycles. The lowest BCUT2D eigenvalue weighted by molar-refractivity contribution is 0.0595. The Morgan fingerprint density at radius 2 is 2.31 bits per heavy atom. The van der Waals surface area contributed by atoms with Crippen molar-refractivity contribution in [3.05, 3.63) is 29.3 Å². The molecular weight excluding hydrogens is 208 g/mol. The molecule has 1 atom stereocenters. The maximum atomic E-state index is 11.5. The van der Waals surface area contributed by atoms with Gasteiger partial charge in [0.1, 0.15) is 24.0 Å². The molecule has 0 aliphatic carbocycles. The third-order valence-electron chi connectivity index (χ3n) is 2.37. The number of hydrogen-bond acceptors (Lipinski definition) is 4. The highest BCUT2D eigenvalue weighted by Gasteiger charge is 2.24. The summed E-state index contributed by atoms with van der Waals surface area (Å²) in [5.41, 5.74) is 1.49. The highest BCUT2D eigenvalue weighted by atomic mass is 16.6. The minimum atomic E-state index is -0.383. The number of aryl methyl sites for hydroxylation is 1. The number of esters is 1. The smallest absolute Gasteiger partial charge is 0.341 e. The van der Waals surface area contributed by atoms with Crippen molar-refractivity contribution in [2.24, 2.45) is 0 Å². The van der Waals surface area contributed by atoms with E-state index in [0.717, 1.165) is 12.2 Å². The van der Waals surface area contributed by atoms with Gasteiger partial charge >= 0.3 is 5.97 Å². The second kappa shape index (κ2) is 4.53. The van der Waals surface area contributed by atoms with Crippen molar-refractivity contribution in [3.63, 3.8) is 0 Å². The van der Waals surface area contributed by atoms with E-state index in [9.17, 15) is 4.79 Å². The predicted molar refractivity (Wildman–Crippen MR) is 57.8 cm³/mol. The fourth-order valence-corrected chi connectivity index (χ4v) is 1.37. The molecule has 0 unspecified atom stereocenters. The van der Waals surface area contributed by atoms with Crippen LogP contribution in [0.2, 0.25) is 0 Å². The molecule has 1 saturated heterocycles. The standard InChI is InChI=1S/C12H14O4/c1-8-3-4-10(12(13)14-2)11(5-8)16-7-9-6-15-9/h3-5,9H,6-7H2,1-2H3/t9-/m0/s1. The van der Waals surface area contributed by atoms with E-state index in [-0.39, 0.29) is 12.1 Å². The summed E-state index contributed by atoms with van der Waals surface area (Å²) in [6.07, 6.45) is 0.172. The molecular formula is C12H14O4. The van der Waals surface area contributed by atoms with Crippen LogP contribution in [0.3, 0.4) is 0 Å². The van der Waals surface area contributed by atoms with Crippen LogP contribution in [0.25, 0.3) is 0 Å². The Balaban J connectivity index is 2.16. The molecule has 16 heavy (non-hydrogen) atoms. The largest absolute Gasteiger partial charge is 0.490 e. The van der Waals surface area contributed by atoms with Crippen LogP contribution >= 0.6 is 0 Å². The molecule has 1 fully saturated rings. The number of methoxy groups -OCH3 is 1. The molecule has 2 rings (SSSR count). The molecule has 0 saturated carbocycles. The van der Waals surface area contributed by atoms with E-state index in [0.29, 0.717) is 17.9 Å². The van der Waals surface area contributed by atoms with Crippen molar-refractivity contribution in [2.45, 2.75) is 13.0 Å². The Kier molecular flexibility index (Phi) is 3.10. The van der Waals surface area contributed by atoms with E-state index in [1.54, 1.807) is 6.07 Å². The van der Waals surface area contributed by atoms with Crippen LogP contribution in [0.4, 0.5) is 0 Å². The van der Waals surface area contributed by atoms with Crippen LogP contribution in [0, 0.1) is 6.92 Å². The molecule has 4 nitrogen and oxygen atoms in total. The molecule has 1 heterocycles. The summed E-state index contributed by atoms with van der Waals surface area (Å²) in [7, 11) is 1.36. The average molecular weight is 222 g/mol. The van der Waals surface area contributed by atoms with Crippen LogP contribution in [0.5, 0.6) is 5.75 Å². The Labute approximate surface area is 94.1 Å². The third-order valence-corrected chi connectivity index (χ3v) is 2.37. The molecule has 1 aliphatic rings. The average Bonchev–Trinajstić information content (AvgIpc) is 3.09. The number of carbonyl (C=O) groups excluding carboxylic acids is 1. The van der Waals surface area contributed by atoms with E-state index >= 15 is 0 Å². The summed E-state index contributed by atoms with van der Waals surface area (Å²) in [6.45, 7) is 3.16. The molecule has 1 aromatic carbocycles. The maximum absolute atomic E-state index is 11.5. The van der Waals surface area contributed by atoms with Gasteiger partial charge in [-0.25, -0.2) is 4.79 Å². The van der Waals surface area contributed by atoms with E-state index in [1.165, 1.54) is 7.11 Å². The van der Waals surface area contributed by atoms with Gasteiger partial charge in [-0.2, -0.15) is 0 Å². The number of rotatable bonds is 4. The quantitative estimate of drug-likeness (QED) is 0.573. The van der Waals surface area contributed by atoms with Crippen molar-refractivity contribution in [2.75, 3.05) is 20.3 Å². The molecule has 4 heteroatoms. The lowest BCUT2D eigenvalue weighted by atomic mass is 10.1. The van der Waals surface area contributed by atoms with Crippen molar-refractivity contribution < 1.29 is 19.0 Å². The monoisotopic (exact) mass is 222 g/mol. The van der Waals surface area contributed by atoms with E-state index in [1.807, 2.05) is 19.1 Å². The molecule has 0 spiro atoms. The Bertz CT molecular complexity index is 396.